The highest BCUT2D eigenvalue weighted by Crippen LogP contribution is 2.34. The Labute approximate surface area is 102 Å². The fourth-order valence-corrected chi connectivity index (χ4v) is 2.67. The molecule has 0 saturated heterocycles. The Morgan fingerprint density at radius 2 is 2.12 bits per heavy atom. The number of rotatable bonds is 4. The van der Waals surface area contributed by atoms with Gasteiger partial charge in [-0.2, -0.15) is 0 Å². The molecule has 2 rings (SSSR count). The Hall–Kier alpha value is -1.35. The number of carboxylic acid groups (broad SMARTS) is 1. The maximum absolute atomic E-state index is 10.7. The van der Waals surface area contributed by atoms with Gasteiger partial charge >= 0.3 is 5.97 Å². The molecule has 0 heterocycles. The summed E-state index contributed by atoms with van der Waals surface area (Å²) in [5.74, 6) is -0.230. The first-order chi connectivity index (χ1) is 8.16. The quantitative estimate of drug-likeness (QED) is 0.839. The van der Waals surface area contributed by atoms with E-state index in [1.807, 2.05) is 24.3 Å². The van der Waals surface area contributed by atoms with Crippen LogP contribution in [0.1, 0.15) is 42.9 Å². The molecule has 0 aromatic heterocycles. The third-order valence-electron chi connectivity index (χ3n) is 3.60. The Morgan fingerprint density at radius 3 is 2.76 bits per heavy atom. The highest BCUT2D eigenvalue weighted by atomic mass is 16.4. The molecule has 1 aliphatic carbocycles. The van der Waals surface area contributed by atoms with Gasteiger partial charge in [0.15, 0.2) is 0 Å². The average Bonchev–Trinajstić information content (AvgIpc) is 2.81. The second kappa shape index (κ2) is 5.32. The van der Waals surface area contributed by atoms with Crippen molar-refractivity contribution in [2.45, 2.75) is 38.1 Å². The fourth-order valence-electron chi connectivity index (χ4n) is 2.67. The number of benzene rings is 1. The lowest BCUT2D eigenvalue weighted by atomic mass is 9.91. The zero-order valence-corrected chi connectivity index (χ0v) is 9.93. The van der Waals surface area contributed by atoms with Gasteiger partial charge in [-0.25, -0.2) is 0 Å². The van der Waals surface area contributed by atoms with Gasteiger partial charge in [-0.1, -0.05) is 37.1 Å². The van der Waals surface area contributed by atoms with Gasteiger partial charge in [0.1, 0.15) is 0 Å². The fraction of sp³-hybridized carbons (Fsp3) is 0.500. The first-order valence-electron chi connectivity index (χ1n) is 6.23. The standard InChI is InChI=1S/C14H19NO2/c15-14(11-5-1-2-6-11)12-7-3-4-10(8-12)9-13(16)17/h3-4,7-8,11,14H,1-2,5-6,9,15H2,(H,16,17). The van der Waals surface area contributed by atoms with Crippen molar-refractivity contribution in [1.82, 2.24) is 0 Å². The Bertz CT molecular complexity index is 397. The molecule has 3 nitrogen and oxygen atoms in total. The summed E-state index contributed by atoms with van der Waals surface area (Å²) in [7, 11) is 0. The van der Waals surface area contributed by atoms with Gasteiger partial charge in [0.05, 0.1) is 6.42 Å². The second-order valence-electron chi connectivity index (χ2n) is 4.89. The number of aliphatic carboxylic acids is 1. The molecule has 0 radical (unpaired) electrons. The minimum Gasteiger partial charge on any atom is -0.481 e. The van der Waals surface area contributed by atoms with Crippen LogP contribution in [0.3, 0.4) is 0 Å². The molecule has 92 valence electrons. The summed E-state index contributed by atoms with van der Waals surface area (Å²) in [5.41, 5.74) is 8.17. The summed E-state index contributed by atoms with van der Waals surface area (Å²) in [4.78, 5) is 10.7. The molecular formula is C14H19NO2. The zero-order chi connectivity index (χ0) is 12.3. The monoisotopic (exact) mass is 233 g/mol. The number of hydrogen-bond donors (Lipinski definition) is 2. The van der Waals surface area contributed by atoms with Crippen molar-refractivity contribution in [3.05, 3.63) is 35.4 Å². The molecule has 1 fully saturated rings. The SMILES string of the molecule is NC(c1cccc(CC(=O)O)c1)C1CCCC1. The van der Waals surface area contributed by atoms with E-state index >= 15 is 0 Å². The molecule has 0 spiro atoms. The van der Waals surface area contributed by atoms with Gasteiger partial charge < -0.3 is 10.8 Å². The first kappa shape index (κ1) is 12.1. The smallest absolute Gasteiger partial charge is 0.307 e. The lowest BCUT2D eigenvalue weighted by molar-refractivity contribution is -0.136. The van der Waals surface area contributed by atoms with Gasteiger partial charge in [-0.05, 0) is 29.9 Å². The van der Waals surface area contributed by atoms with Crippen molar-refractivity contribution in [3.8, 4) is 0 Å². The average molecular weight is 233 g/mol. The lowest BCUT2D eigenvalue weighted by Gasteiger charge is -2.19. The number of carboxylic acids is 1. The molecule has 1 unspecified atom stereocenters. The van der Waals surface area contributed by atoms with Crippen molar-refractivity contribution in [1.29, 1.82) is 0 Å². The molecule has 0 aliphatic heterocycles. The molecule has 1 aromatic carbocycles. The van der Waals surface area contributed by atoms with Crippen LogP contribution in [0.4, 0.5) is 0 Å². The largest absolute Gasteiger partial charge is 0.481 e. The van der Waals surface area contributed by atoms with E-state index in [9.17, 15) is 4.79 Å². The molecule has 1 aromatic rings. The van der Waals surface area contributed by atoms with Crippen molar-refractivity contribution in [2.75, 3.05) is 0 Å². The summed E-state index contributed by atoms with van der Waals surface area (Å²) >= 11 is 0. The molecular weight excluding hydrogens is 214 g/mol. The summed E-state index contributed by atoms with van der Waals surface area (Å²) in [6.07, 6.45) is 5.01. The minimum absolute atomic E-state index is 0.0613. The molecule has 0 bridgehead atoms. The minimum atomic E-state index is -0.795. The molecule has 1 atom stereocenters. The van der Waals surface area contributed by atoms with Gasteiger partial charge in [0.25, 0.3) is 0 Å². The van der Waals surface area contributed by atoms with Crippen LogP contribution in [-0.2, 0) is 11.2 Å². The summed E-state index contributed by atoms with van der Waals surface area (Å²) in [6.45, 7) is 0. The van der Waals surface area contributed by atoms with E-state index in [1.165, 1.54) is 25.7 Å². The van der Waals surface area contributed by atoms with Crippen LogP contribution in [0, 0.1) is 5.92 Å². The highest BCUT2D eigenvalue weighted by molar-refractivity contribution is 5.70. The molecule has 1 aliphatic rings. The van der Waals surface area contributed by atoms with Gasteiger partial charge in [0, 0.05) is 6.04 Å². The molecule has 0 amide bonds. The summed E-state index contributed by atoms with van der Waals surface area (Å²) in [5, 5.41) is 8.78. The van der Waals surface area contributed by atoms with Crippen LogP contribution >= 0.6 is 0 Å². The predicted molar refractivity (Wildman–Crippen MR) is 66.7 cm³/mol. The first-order valence-corrected chi connectivity index (χ1v) is 6.23. The molecule has 17 heavy (non-hydrogen) atoms. The second-order valence-corrected chi connectivity index (χ2v) is 4.89. The van der Waals surface area contributed by atoms with E-state index in [0.717, 1.165) is 11.1 Å². The van der Waals surface area contributed by atoms with Crippen LogP contribution in [0.15, 0.2) is 24.3 Å². The van der Waals surface area contributed by atoms with Gasteiger partial charge in [-0.15, -0.1) is 0 Å². The summed E-state index contributed by atoms with van der Waals surface area (Å²) in [6, 6.07) is 7.76. The van der Waals surface area contributed by atoms with Crippen LogP contribution in [0.5, 0.6) is 0 Å². The van der Waals surface area contributed by atoms with Crippen molar-refractivity contribution in [3.63, 3.8) is 0 Å². The van der Waals surface area contributed by atoms with Crippen LogP contribution in [0.25, 0.3) is 0 Å². The third-order valence-corrected chi connectivity index (χ3v) is 3.60. The highest BCUT2D eigenvalue weighted by Gasteiger charge is 2.23. The molecule has 3 heteroatoms. The van der Waals surface area contributed by atoms with Gasteiger partial charge in [0.2, 0.25) is 0 Å². The van der Waals surface area contributed by atoms with E-state index in [-0.39, 0.29) is 12.5 Å². The van der Waals surface area contributed by atoms with Crippen molar-refractivity contribution < 1.29 is 9.90 Å². The van der Waals surface area contributed by atoms with E-state index in [2.05, 4.69) is 0 Å². The van der Waals surface area contributed by atoms with Crippen LogP contribution < -0.4 is 5.73 Å². The maximum Gasteiger partial charge on any atom is 0.307 e. The molecule has 1 saturated carbocycles. The number of hydrogen-bond acceptors (Lipinski definition) is 2. The van der Waals surface area contributed by atoms with E-state index in [0.29, 0.717) is 5.92 Å². The van der Waals surface area contributed by atoms with Gasteiger partial charge in [-0.3, -0.25) is 4.79 Å². The lowest BCUT2D eigenvalue weighted by Crippen LogP contribution is -2.19. The van der Waals surface area contributed by atoms with E-state index in [4.69, 9.17) is 10.8 Å². The normalized spacial score (nSPS) is 18.2. The van der Waals surface area contributed by atoms with Crippen molar-refractivity contribution in [2.24, 2.45) is 11.7 Å². The topological polar surface area (TPSA) is 63.3 Å². The Morgan fingerprint density at radius 1 is 1.41 bits per heavy atom. The molecule has 3 N–H and O–H groups in total. The van der Waals surface area contributed by atoms with E-state index in [1.54, 1.807) is 0 Å². The maximum atomic E-state index is 10.7. The van der Waals surface area contributed by atoms with Crippen LogP contribution in [-0.4, -0.2) is 11.1 Å². The predicted octanol–water partition coefficient (Wildman–Crippen LogP) is 2.50. The van der Waals surface area contributed by atoms with Crippen molar-refractivity contribution >= 4 is 5.97 Å². The summed E-state index contributed by atoms with van der Waals surface area (Å²) < 4.78 is 0. The number of nitrogens with two attached hydrogens (primary N) is 1. The van der Waals surface area contributed by atoms with Crippen LogP contribution in [0.2, 0.25) is 0 Å². The van der Waals surface area contributed by atoms with E-state index < -0.39 is 5.97 Å². The number of carbonyl (C=O) groups is 1. The Balaban J connectivity index is 2.11. The third kappa shape index (κ3) is 3.07. The Kier molecular flexibility index (Phi) is 3.79. The zero-order valence-electron chi connectivity index (χ0n) is 9.93.